The molecule has 1 aromatic carbocycles. The van der Waals surface area contributed by atoms with Gasteiger partial charge in [0, 0.05) is 36.2 Å². The Bertz CT molecular complexity index is 978. The number of aryl methyl sites for hydroxylation is 1. The standard InChI is InChI=1S/C20H20N4OS/c1-13-5-4-6-17(21-13)18-19(15-7-9-16(26-3)10-8-15)24-12-11-23(14(2)25)20(24)22-18/h4-10H,11-12H2,1-3H3. The predicted molar refractivity (Wildman–Crippen MR) is 105 cm³/mol. The van der Waals surface area contributed by atoms with Gasteiger partial charge in [0.05, 0.1) is 11.4 Å². The lowest BCUT2D eigenvalue weighted by Gasteiger charge is -2.09. The third kappa shape index (κ3) is 2.80. The zero-order valence-electron chi connectivity index (χ0n) is 15.1. The van der Waals surface area contributed by atoms with E-state index >= 15 is 0 Å². The van der Waals surface area contributed by atoms with Gasteiger partial charge in [-0.1, -0.05) is 18.2 Å². The zero-order chi connectivity index (χ0) is 18.3. The van der Waals surface area contributed by atoms with E-state index in [0.717, 1.165) is 34.9 Å². The first kappa shape index (κ1) is 16.8. The molecule has 5 nitrogen and oxygen atoms in total. The maximum atomic E-state index is 12.0. The number of fused-ring (bicyclic) bond motifs is 1. The van der Waals surface area contributed by atoms with Gasteiger partial charge in [0.2, 0.25) is 11.9 Å². The normalized spacial score (nSPS) is 13.1. The minimum atomic E-state index is 0.0155. The van der Waals surface area contributed by atoms with Crippen molar-refractivity contribution < 1.29 is 4.79 Å². The monoisotopic (exact) mass is 364 g/mol. The molecule has 0 bridgehead atoms. The summed E-state index contributed by atoms with van der Waals surface area (Å²) in [5, 5.41) is 0. The van der Waals surface area contributed by atoms with Gasteiger partial charge in [0.1, 0.15) is 5.69 Å². The number of hydrogen-bond donors (Lipinski definition) is 0. The molecular weight excluding hydrogens is 344 g/mol. The highest BCUT2D eigenvalue weighted by molar-refractivity contribution is 7.98. The van der Waals surface area contributed by atoms with Crippen LogP contribution >= 0.6 is 11.8 Å². The van der Waals surface area contributed by atoms with Crippen LogP contribution in [0.2, 0.25) is 0 Å². The number of nitrogens with zero attached hydrogens (tertiary/aromatic N) is 4. The van der Waals surface area contributed by atoms with Crippen molar-refractivity contribution in [1.29, 1.82) is 0 Å². The lowest BCUT2D eigenvalue weighted by Crippen LogP contribution is -2.26. The summed E-state index contributed by atoms with van der Waals surface area (Å²) >= 11 is 1.72. The van der Waals surface area contributed by atoms with Crippen LogP contribution in [0.4, 0.5) is 5.95 Å². The maximum absolute atomic E-state index is 12.0. The molecule has 1 aliphatic rings. The van der Waals surface area contributed by atoms with E-state index in [9.17, 15) is 4.79 Å². The number of carbonyl (C=O) groups excluding carboxylic acids is 1. The summed E-state index contributed by atoms with van der Waals surface area (Å²) in [6.07, 6.45) is 2.07. The van der Waals surface area contributed by atoms with Crippen LogP contribution in [0.25, 0.3) is 22.6 Å². The van der Waals surface area contributed by atoms with Crippen molar-refractivity contribution in [2.24, 2.45) is 0 Å². The van der Waals surface area contributed by atoms with Gasteiger partial charge in [0.15, 0.2) is 0 Å². The quantitative estimate of drug-likeness (QED) is 0.659. The smallest absolute Gasteiger partial charge is 0.226 e. The summed E-state index contributed by atoms with van der Waals surface area (Å²) in [4.78, 5) is 24.4. The second kappa shape index (κ2) is 6.61. The molecule has 0 N–H and O–H groups in total. The number of aromatic nitrogens is 3. The molecule has 26 heavy (non-hydrogen) atoms. The molecule has 3 aromatic rings. The summed E-state index contributed by atoms with van der Waals surface area (Å²) < 4.78 is 2.13. The molecule has 0 fully saturated rings. The van der Waals surface area contributed by atoms with Gasteiger partial charge in [-0.3, -0.25) is 14.7 Å². The van der Waals surface area contributed by atoms with Crippen molar-refractivity contribution >= 4 is 23.6 Å². The van der Waals surface area contributed by atoms with E-state index < -0.39 is 0 Å². The number of rotatable bonds is 3. The predicted octanol–water partition coefficient (Wildman–Crippen LogP) is 4.01. The van der Waals surface area contributed by atoms with Gasteiger partial charge >= 0.3 is 0 Å². The molecule has 0 spiro atoms. The SMILES string of the molecule is CSc1ccc(-c2c(-c3cccc(C)n3)nc3n2CCN3C(C)=O)cc1. The minimum absolute atomic E-state index is 0.0155. The first-order valence-corrected chi connectivity index (χ1v) is 9.78. The summed E-state index contributed by atoms with van der Waals surface area (Å²) in [5.74, 6) is 0.724. The summed E-state index contributed by atoms with van der Waals surface area (Å²) in [6.45, 7) is 4.96. The van der Waals surface area contributed by atoms with Crippen LogP contribution in [0.15, 0.2) is 47.4 Å². The highest BCUT2D eigenvalue weighted by Gasteiger charge is 2.30. The van der Waals surface area contributed by atoms with Crippen molar-refractivity contribution in [2.45, 2.75) is 25.3 Å². The van der Waals surface area contributed by atoms with Crippen LogP contribution in [-0.2, 0) is 11.3 Å². The van der Waals surface area contributed by atoms with Crippen molar-refractivity contribution in [2.75, 3.05) is 17.7 Å². The first-order valence-electron chi connectivity index (χ1n) is 8.55. The molecule has 4 rings (SSSR count). The van der Waals surface area contributed by atoms with E-state index in [1.54, 1.807) is 23.6 Å². The third-order valence-corrected chi connectivity index (χ3v) is 5.35. The number of hydrogen-bond acceptors (Lipinski definition) is 4. The largest absolute Gasteiger partial charge is 0.307 e. The van der Waals surface area contributed by atoms with E-state index in [4.69, 9.17) is 4.98 Å². The summed E-state index contributed by atoms with van der Waals surface area (Å²) in [5.41, 5.74) is 4.72. The highest BCUT2D eigenvalue weighted by atomic mass is 32.2. The molecular formula is C20H20N4OS. The molecule has 0 saturated carbocycles. The van der Waals surface area contributed by atoms with Gasteiger partial charge in [-0.2, -0.15) is 0 Å². The molecule has 0 aliphatic carbocycles. The molecule has 2 aromatic heterocycles. The van der Waals surface area contributed by atoms with Gasteiger partial charge in [0.25, 0.3) is 0 Å². The molecule has 1 aliphatic heterocycles. The van der Waals surface area contributed by atoms with Crippen LogP contribution in [-0.4, -0.2) is 33.2 Å². The Labute approximate surface area is 157 Å². The Hall–Kier alpha value is -2.60. The summed E-state index contributed by atoms with van der Waals surface area (Å²) in [6, 6.07) is 14.4. The number of thioether (sulfide) groups is 1. The molecule has 0 unspecified atom stereocenters. The van der Waals surface area contributed by atoms with Crippen molar-refractivity contribution in [3.63, 3.8) is 0 Å². The van der Waals surface area contributed by atoms with Gasteiger partial charge < -0.3 is 4.57 Å². The third-order valence-electron chi connectivity index (χ3n) is 4.61. The highest BCUT2D eigenvalue weighted by Crippen LogP contribution is 2.38. The Morgan fingerprint density at radius 1 is 1.08 bits per heavy atom. The van der Waals surface area contributed by atoms with Crippen LogP contribution in [0, 0.1) is 6.92 Å². The van der Waals surface area contributed by atoms with E-state index in [1.165, 1.54) is 4.90 Å². The number of imidazole rings is 1. The topological polar surface area (TPSA) is 51.0 Å². The van der Waals surface area contributed by atoms with Gasteiger partial charge in [-0.15, -0.1) is 11.8 Å². The fourth-order valence-corrected chi connectivity index (χ4v) is 3.76. The lowest BCUT2D eigenvalue weighted by molar-refractivity contribution is -0.116. The molecule has 0 saturated heterocycles. The minimum Gasteiger partial charge on any atom is -0.307 e. The van der Waals surface area contributed by atoms with E-state index in [0.29, 0.717) is 12.5 Å². The molecule has 6 heteroatoms. The Balaban J connectivity index is 1.93. The van der Waals surface area contributed by atoms with Crippen LogP contribution in [0.1, 0.15) is 12.6 Å². The molecule has 132 valence electrons. The van der Waals surface area contributed by atoms with E-state index in [1.807, 2.05) is 25.1 Å². The van der Waals surface area contributed by atoms with Gasteiger partial charge in [-0.25, -0.2) is 4.98 Å². The fourth-order valence-electron chi connectivity index (χ4n) is 3.35. The second-order valence-corrected chi connectivity index (χ2v) is 7.20. The average Bonchev–Trinajstić information content (AvgIpc) is 3.20. The lowest BCUT2D eigenvalue weighted by atomic mass is 10.1. The van der Waals surface area contributed by atoms with Crippen LogP contribution in [0.5, 0.6) is 0 Å². The molecule has 1 amide bonds. The zero-order valence-corrected chi connectivity index (χ0v) is 15.9. The number of benzene rings is 1. The molecule has 0 radical (unpaired) electrons. The van der Waals surface area contributed by atoms with Crippen LogP contribution < -0.4 is 4.90 Å². The number of pyridine rings is 1. The average molecular weight is 364 g/mol. The van der Waals surface area contributed by atoms with Crippen molar-refractivity contribution in [1.82, 2.24) is 14.5 Å². The number of carbonyl (C=O) groups is 1. The first-order chi connectivity index (χ1) is 12.6. The Kier molecular flexibility index (Phi) is 4.28. The Morgan fingerprint density at radius 2 is 1.85 bits per heavy atom. The van der Waals surface area contributed by atoms with Crippen molar-refractivity contribution in [3.8, 4) is 22.6 Å². The summed E-state index contributed by atoms with van der Waals surface area (Å²) in [7, 11) is 0. The van der Waals surface area contributed by atoms with Crippen LogP contribution in [0.3, 0.4) is 0 Å². The van der Waals surface area contributed by atoms with Gasteiger partial charge in [-0.05, 0) is 37.4 Å². The molecule has 3 heterocycles. The number of anilines is 1. The fraction of sp³-hybridized carbons (Fsp3) is 0.250. The van der Waals surface area contributed by atoms with E-state index in [-0.39, 0.29) is 5.91 Å². The maximum Gasteiger partial charge on any atom is 0.226 e. The Morgan fingerprint density at radius 3 is 2.50 bits per heavy atom. The van der Waals surface area contributed by atoms with E-state index in [2.05, 4.69) is 40.1 Å². The molecule has 0 atom stereocenters. The number of amides is 1. The van der Waals surface area contributed by atoms with Crippen molar-refractivity contribution in [3.05, 3.63) is 48.2 Å². The second-order valence-electron chi connectivity index (χ2n) is 6.32.